The Labute approximate surface area is 239 Å². The molecular formula is C29H22Br2N2O4S. The van der Waals surface area contributed by atoms with Crippen LogP contribution in [0.4, 0.5) is 0 Å². The SMILES string of the molecule is COc1ccc([C@H]2C3=C(N=c4s/c(=C/c5cc(Br)cc(Br)c5O)c(=O)n42)c2ccccc2CC3)cc1OC. The maximum atomic E-state index is 14.0. The van der Waals surface area contributed by atoms with Gasteiger partial charge in [0.05, 0.1) is 35.0 Å². The van der Waals surface area contributed by atoms with Crippen LogP contribution in [0.15, 0.2) is 78.9 Å². The zero-order valence-electron chi connectivity index (χ0n) is 20.5. The molecule has 0 spiro atoms. The van der Waals surface area contributed by atoms with Crippen molar-refractivity contribution < 1.29 is 14.6 Å². The molecule has 0 bridgehead atoms. The average molecular weight is 654 g/mol. The van der Waals surface area contributed by atoms with Crippen molar-refractivity contribution in [3.8, 4) is 17.2 Å². The zero-order chi connectivity index (χ0) is 26.6. The number of fused-ring (bicyclic) bond motifs is 3. The summed E-state index contributed by atoms with van der Waals surface area (Å²) in [6.45, 7) is 0. The largest absolute Gasteiger partial charge is 0.506 e. The number of allylic oxidation sites excluding steroid dienone is 1. The molecule has 0 radical (unpaired) electrons. The van der Waals surface area contributed by atoms with Gasteiger partial charge in [-0.2, -0.15) is 0 Å². The van der Waals surface area contributed by atoms with E-state index in [0.29, 0.717) is 30.9 Å². The maximum absolute atomic E-state index is 14.0. The fraction of sp³-hybridized carbons (Fsp3) is 0.172. The minimum absolute atomic E-state index is 0.0729. The third kappa shape index (κ3) is 4.13. The molecule has 0 saturated carbocycles. The maximum Gasteiger partial charge on any atom is 0.271 e. The molecule has 0 unspecified atom stereocenters. The second-order valence-corrected chi connectivity index (χ2v) is 11.8. The number of hydrogen-bond acceptors (Lipinski definition) is 6. The Morgan fingerprint density at radius 3 is 2.63 bits per heavy atom. The summed E-state index contributed by atoms with van der Waals surface area (Å²) < 4.78 is 14.7. The number of aromatic nitrogens is 1. The van der Waals surface area contributed by atoms with Crippen LogP contribution in [-0.2, 0) is 6.42 Å². The van der Waals surface area contributed by atoms with E-state index in [0.717, 1.165) is 39.7 Å². The molecule has 0 saturated heterocycles. The number of hydrogen-bond donors (Lipinski definition) is 1. The van der Waals surface area contributed by atoms with Gasteiger partial charge in [-0.25, -0.2) is 4.99 Å². The highest BCUT2D eigenvalue weighted by molar-refractivity contribution is 9.11. The highest BCUT2D eigenvalue weighted by atomic mass is 79.9. The molecule has 9 heteroatoms. The van der Waals surface area contributed by atoms with E-state index in [4.69, 9.17) is 14.5 Å². The first-order valence-electron chi connectivity index (χ1n) is 11.9. The molecule has 1 aliphatic heterocycles. The zero-order valence-corrected chi connectivity index (χ0v) is 24.5. The second-order valence-electron chi connectivity index (χ2n) is 9.05. The van der Waals surface area contributed by atoms with E-state index < -0.39 is 0 Å². The molecule has 6 rings (SSSR count). The Hall–Kier alpha value is -3.14. The number of methoxy groups -OCH3 is 2. The smallest absolute Gasteiger partial charge is 0.271 e. The van der Waals surface area contributed by atoms with Gasteiger partial charge in [-0.05, 0) is 75.8 Å². The van der Waals surface area contributed by atoms with Crippen LogP contribution in [0.5, 0.6) is 17.2 Å². The van der Waals surface area contributed by atoms with Crippen LogP contribution < -0.4 is 24.4 Å². The van der Waals surface area contributed by atoms with Crippen LogP contribution in [0, 0.1) is 0 Å². The Kier molecular flexibility index (Phi) is 6.53. The fourth-order valence-electron chi connectivity index (χ4n) is 5.18. The van der Waals surface area contributed by atoms with Crippen molar-refractivity contribution >= 4 is 55.0 Å². The second kappa shape index (κ2) is 9.87. The third-order valence-electron chi connectivity index (χ3n) is 6.94. The monoisotopic (exact) mass is 652 g/mol. The van der Waals surface area contributed by atoms with Gasteiger partial charge in [-0.15, -0.1) is 0 Å². The number of phenols is 1. The van der Waals surface area contributed by atoms with E-state index in [1.54, 1.807) is 37.0 Å². The molecule has 0 amide bonds. The van der Waals surface area contributed by atoms with Gasteiger partial charge in [0, 0.05) is 15.6 Å². The van der Waals surface area contributed by atoms with Crippen molar-refractivity contribution in [2.45, 2.75) is 18.9 Å². The van der Waals surface area contributed by atoms with Crippen molar-refractivity contribution in [2.75, 3.05) is 14.2 Å². The number of thiazole rings is 1. The normalized spacial score (nSPS) is 16.4. The molecule has 38 heavy (non-hydrogen) atoms. The summed E-state index contributed by atoms with van der Waals surface area (Å²) >= 11 is 8.17. The summed E-state index contributed by atoms with van der Waals surface area (Å²) in [5.74, 6) is 1.30. The van der Waals surface area contributed by atoms with Crippen LogP contribution in [0.1, 0.15) is 34.7 Å². The van der Waals surface area contributed by atoms with Gasteiger partial charge in [0.15, 0.2) is 16.3 Å². The van der Waals surface area contributed by atoms with Crippen LogP contribution in [0.2, 0.25) is 0 Å². The van der Waals surface area contributed by atoms with E-state index in [1.165, 1.54) is 16.9 Å². The number of phenolic OH excluding ortho intramolecular Hbond substituents is 1. The molecule has 3 aromatic carbocycles. The number of nitrogens with zero attached hydrogens (tertiary/aromatic N) is 2. The summed E-state index contributed by atoms with van der Waals surface area (Å²) in [5, 5.41) is 10.6. The lowest BCUT2D eigenvalue weighted by atomic mass is 9.83. The number of rotatable bonds is 4. The molecule has 192 valence electrons. The third-order valence-corrected chi connectivity index (χ3v) is 8.99. The van der Waals surface area contributed by atoms with E-state index in [1.807, 2.05) is 24.3 Å². The molecular weight excluding hydrogens is 632 g/mol. The number of benzene rings is 3. The van der Waals surface area contributed by atoms with Crippen molar-refractivity contribution in [3.63, 3.8) is 0 Å². The van der Waals surface area contributed by atoms with Crippen LogP contribution in [0.25, 0.3) is 11.8 Å². The van der Waals surface area contributed by atoms with Crippen LogP contribution >= 0.6 is 43.2 Å². The van der Waals surface area contributed by atoms with Gasteiger partial charge in [-0.3, -0.25) is 9.36 Å². The lowest BCUT2D eigenvalue weighted by Gasteiger charge is -2.31. The molecule has 1 atom stereocenters. The highest BCUT2D eigenvalue weighted by Gasteiger charge is 2.33. The standard InChI is InChI=1S/C29H22Br2N2O4S/c1-36-22-10-8-16(12-23(22)37-2)26-20-9-7-15-5-3-4-6-19(15)25(20)32-29-33(26)28(35)24(38-29)13-17-11-18(30)14-21(31)27(17)34/h3-6,8,10-14,26,34H,7,9H2,1-2H3/b24-13+/t26-/m0/s1. The topological polar surface area (TPSA) is 73.0 Å². The van der Waals surface area contributed by atoms with E-state index >= 15 is 0 Å². The lowest BCUT2D eigenvalue weighted by molar-refractivity contribution is 0.354. The van der Waals surface area contributed by atoms with Crippen molar-refractivity contribution in [2.24, 2.45) is 4.99 Å². The minimum Gasteiger partial charge on any atom is -0.506 e. The Bertz CT molecular complexity index is 1820. The van der Waals surface area contributed by atoms with Crippen LogP contribution in [0.3, 0.4) is 0 Å². The van der Waals surface area contributed by atoms with Crippen molar-refractivity contribution in [1.29, 1.82) is 0 Å². The first kappa shape index (κ1) is 25.2. The van der Waals surface area contributed by atoms with Gasteiger partial charge in [0.25, 0.3) is 5.56 Å². The first-order chi connectivity index (χ1) is 18.4. The predicted octanol–water partition coefficient (Wildman–Crippen LogP) is 5.57. The first-order valence-corrected chi connectivity index (χ1v) is 14.3. The minimum atomic E-state index is -0.348. The van der Waals surface area contributed by atoms with Gasteiger partial charge in [0.2, 0.25) is 0 Å². The van der Waals surface area contributed by atoms with E-state index in [9.17, 15) is 9.90 Å². The number of aryl methyl sites for hydroxylation is 1. The van der Waals surface area contributed by atoms with Crippen molar-refractivity contribution in [3.05, 3.63) is 111 Å². The molecule has 6 nitrogen and oxygen atoms in total. The molecule has 1 aliphatic carbocycles. The molecule has 1 N–H and O–H groups in total. The Morgan fingerprint density at radius 1 is 1.05 bits per heavy atom. The summed E-state index contributed by atoms with van der Waals surface area (Å²) in [4.78, 5) is 19.6. The number of ether oxygens (including phenoxy) is 2. The average Bonchev–Trinajstić information content (AvgIpc) is 3.24. The van der Waals surface area contributed by atoms with E-state index in [2.05, 4.69) is 50.1 Å². The molecule has 4 aromatic rings. The van der Waals surface area contributed by atoms with Gasteiger partial charge in [0.1, 0.15) is 5.75 Å². The summed E-state index contributed by atoms with van der Waals surface area (Å²) in [5.41, 5.74) is 5.68. The molecule has 2 heterocycles. The molecule has 0 fully saturated rings. The van der Waals surface area contributed by atoms with Crippen molar-refractivity contribution in [1.82, 2.24) is 4.57 Å². The Morgan fingerprint density at radius 2 is 1.84 bits per heavy atom. The quantitative estimate of drug-likeness (QED) is 0.313. The predicted molar refractivity (Wildman–Crippen MR) is 156 cm³/mol. The van der Waals surface area contributed by atoms with Gasteiger partial charge >= 0.3 is 0 Å². The lowest BCUT2D eigenvalue weighted by Crippen LogP contribution is -2.38. The number of halogens is 2. The summed E-state index contributed by atoms with van der Waals surface area (Å²) in [7, 11) is 3.21. The fourth-order valence-corrected chi connectivity index (χ4v) is 7.43. The molecule has 2 aliphatic rings. The van der Waals surface area contributed by atoms with Crippen LogP contribution in [-0.4, -0.2) is 23.9 Å². The van der Waals surface area contributed by atoms with E-state index in [-0.39, 0.29) is 17.4 Å². The number of aromatic hydroxyl groups is 1. The molecule has 1 aromatic heterocycles. The highest BCUT2D eigenvalue weighted by Crippen LogP contribution is 2.43. The Balaban J connectivity index is 1.63. The van der Waals surface area contributed by atoms with Gasteiger partial charge in [-0.1, -0.05) is 57.6 Å². The van der Waals surface area contributed by atoms with Gasteiger partial charge < -0.3 is 14.6 Å². The summed E-state index contributed by atoms with van der Waals surface area (Å²) in [6, 6.07) is 17.3. The summed E-state index contributed by atoms with van der Waals surface area (Å²) in [6.07, 6.45) is 3.38.